The number of amides is 1. The molecule has 0 radical (unpaired) electrons. The van der Waals surface area contributed by atoms with Gasteiger partial charge in [0.25, 0.3) is 5.91 Å². The molecule has 2 fully saturated rings. The number of halogens is 4. The standard InChI is InChI=1S/C16H19F3N2O2.ClH/c17-12-7-11(13(18)15(22)14(12)19)16(23)21-5-3-10(4-6-21)20-8-9-1-2-9;/h7,9-10,20,22H,1-6,8H2;1H. The van der Waals surface area contributed by atoms with Crippen molar-refractivity contribution in [2.24, 2.45) is 5.92 Å². The highest BCUT2D eigenvalue weighted by atomic mass is 35.5. The van der Waals surface area contributed by atoms with Crippen LogP contribution in [-0.2, 0) is 0 Å². The van der Waals surface area contributed by atoms with Gasteiger partial charge in [0.05, 0.1) is 5.56 Å². The van der Waals surface area contributed by atoms with Crippen molar-refractivity contribution in [3.05, 3.63) is 29.1 Å². The number of carbonyl (C=O) groups excluding carboxylic acids is 1. The van der Waals surface area contributed by atoms with E-state index in [4.69, 9.17) is 0 Å². The van der Waals surface area contributed by atoms with Crippen LogP contribution in [0.15, 0.2) is 6.07 Å². The van der Waals surface area contributed by atoms with E-state index in [-0.39, 0.29) is 12.4 Å². The molecule has 2 aliphatic rings. The van der Waals surface area contributed by atoms with Gasteiger partial charge in [0.2, 0.25) is 5.82 Å². The van der Waals surface area contributed by atoms with Gasteiger partial charge in [-0.3, -0.25) is 4.79 Å². The Bertz CT molecular complexity index is 618. The summed E-state index contributed by atoms with van der Waals surface area (Å²) in [7, 11) is 0. The minimum atomic E-state index is -1.68. The van der Waals surface area contributed by atoms with Crippen LogP contribution in [0.5, 0.6) is 5.75 Å². The Morgan fingerprint density at radius 2 is 1.79 bits per heavy atom. The lowest BCUT2D eigenvalue weighted by Gasteiger charge is -2.32. The summed E-state index contributed by atoms with van der Waals surface area (Å²) in [5.41, 5.74) is -0.634. The molecule has 1 aromatic rings. The van der Waals surface area contributed by atoms with E-state index in [9.17, 15) is 23.1 Å². The molecule has 1 amide bonds. The molecular weight excluding hydrogens is 345 g/mol. The molecule has 4 nitrogen and oxygen atoms in total. The minimum Gasteiger partial charge on any atom is -0.503 e. The van der Waals surface area contributed by atoms with Crippen LogP contribution in [0.3, 0.4) is 0 Å². The summed E-state index contributed by atoms with van der Waals surface area (Å²) in [4.78, 5) is 13.7. The van der Waals surface area contributed by atoms with E-state index in [1.165, 1.54) is 17.7 Å². The number of phenolic OH excluding ortho intramolecular Hbond substituents is 1. The van der Waals surface area contributed by atoms with Crippen LogP contribution in [0.4, 0.5) is 13.2 Å². The molecule has 8 heteroatoms. The van der Waals surface area contributed by atoms with Crippen molar-refractivity contribution in [2.45, 2.75) is 31.7 Å². The zero-order valence-electron chi connectivity index (χ0n) is 13.0. The van der Waals surface area contributed by atoms with Crippen LogP contribution in [-0.4, -0.2) is 41.6 Å². The first kappa shape index (κ1) is 18.9. The maximum atomic E-state index is 13.8. The Labute approximate surface area is 144 Å². The van der Waals surface area contributed by atoms with Crippen LogP contribution in [0.1, 0.15) is 36.0 Å². The zero-order valence-corrected chi connectivity index (χ0v) is 13.8. The quantitative estimate of drug-likeness (QED) is 0.808. The van der Waals surface area contributed by atoms with Gasteiger partial charge >= 0.3 is 0 Å². The summed E-state index contributed by atoms with van der Waals surface area (Å²) < 4.78 is 40.2. The number of carbonyl (C=O) groups is 1. The number of nitrogens with zero attached hydrogens (tertiary/aromatic N) is 1. The normalized spacial score (nSPS) is 18.4. The van der Waals surface area contributed by atoms with Gasteiger partial charge in [-0.15, -0.1) is 12.4 Å². The van der Waals surface area contributed by atoms with Crippen molar-refractivity contribution in [1.82, 2.24) is 10.2 Å². The number of hydrogen-bond donors (Lipinski definition) is 2. The third-order valence-corrected chi connectivity index (χ3v) is 4.54. The number of phenols is 1. The minimum absolute atomic E-state index is 0. The van der Waals surface area contributed by atoms with Gasteiger partial charge in [-0.05, 0) is 44.2 Å². The monoisotopic (exact) mass is 364 g/mol. The molecule has 24 heavy (non-hydrogen) atoms. The van der Waals surface area contributed by atoms with Crippen LogP contribution >= 0.6 is 12.4 Å². The number of piperidine rings is 1. The molecule has 1 heterocycles. The molecule has 1 aliphatic carbocycles. The van der Waals surface area contributed by atoms with E-state index in [2.05, 4.69) is 5.32 Å². The Morgan fingerprint density at radius 1 is 1.17 bits per heavy atom. The smallest absolute Gasteiger partial charge is 0.257 e. The molecule has 0 atom stereocenters. The number of nitrogens with one attached hydrogen (secondary N) is 1. The summed E-state index contributed by atoms with van der Waals surface area (Å²) >= 11 is 0. The summed E-state index contributed by atoms with van der Waals surface area (Å²) in [6.45, 7) is 1.82. The molecule has 0 aromatic heterocycles. The highest BCUT2D eigenvalue weighted by molar-refractivity contribution is 5.95. The fourth-order valence-electron chi connectivity index (χ4n) is 2.86. The summed E-state index contributed by atoms with van der Waals surface area (Å²) in [6, 6.07) is 0.826. The molecule has 0 unspecified atom stereocenters. The lowest BCUT2D eigenvalue weighted by atomic mass is 10.0. The van der Waals surface area contributed by atoms with Gasteiger partial charge in [-0.25, -0.2) is 8.78 Å². The van der Waals surface area contributed by atoms with E-state index in [0.29, 0.717) is 25.2 Å². The fourth-order valence-corrected chi connectivity index (χ4v) is 2.86. The lowest BCUT2D eigenvalue weighted by Crippen LogP contribution is -2.45. The first-order valence-corrected chi connectivity index (χ1v) is 7.86. The molecule has 2 N–H and O–H groups in total. The van der Waals surface area contributed by atoms with Crippen LogP contribution in [0.2, 0.25) is 0 Å². The second kappa shape index (κ2) is 7.61. The Balaban J connectivity index is 0.00000208. The molecule has 134 valence electrons. The topological polar surface area (TPSA) is 52.6 Å². The molecule has 0 spiro atoms. The maximum absolute atomic E-state index is 13.8. The second-order valence-corrected chi connectivity index (χ2v) is 6.30. The van der Waals surface area contributed by atoms with Crippen molar-refractivity contribution in [2.75, 3.05) is 19.6 Å². The molecule has 0 bridgehead atoms. The molecule has 1 saturated heterocycles. The Morgan fingerprint density at radius 3 is 2.38 bits per heavy atom. The fraction of sp³-hybridized carbons (Fsp3) is 0.562. The maximum Gasteiger partial charge on any atom is 0.257 e. The van der Waals surface area contributed by atoms with E-state index >= 15 is 0 Å². The first-order chi connectivity index (χ1) is 11.0. The Kier molecular flexibility index (Phi) is 5.98. The SMILES string of the molecule is Cl.O=C(c1cc(F)c(F)c(O)c1F)N1CCC(NCC2CC2)CC1. The molecule has 3 rings (SSSR count). The average molecular weight is 365 g/mol. The van der Waals surface area contributed by atoms with Crippen LogP contribution in [0.25, 0.3) is 0 Å². The molecule has 1 aromatic carbocycles. The van der Waals surface area contributed by atoms with Gasteiger partial charge in [-0.2, -0.15) is 4.39 Å². The first-order valence-electron chi connectivity index (χ1n) is 7.86. The van der Waals surface area contributed by atoms with Crippen molar-refractivity contribution in [1.29, 1.82) is 0 Å². The predicted octanol–water partition coefficient (Wildman–Crippen LogP) is 2.84. The Hall–Kier alpha value is -1.47. The highest BCUT2D eigenvalue weighted by Gasteiger charge is 2.29. The largest absolute Gasteiger partial charge is 0.503 e. The number of likely N-dealkylation sites (tertiary alicyclic amines) is 1. The van der Waals surface area contributed by atoms with E-state index in [0.717, 1.165) is 25.3 Å². The van der Waals surface area contributed by atoms with Gasteiger partial charge in [0.1, 0.15) is 0 Å². The van der Waals surface area contributed by atoms with Crippen molar-refractivity contribution < 1.29 is 23.1 Å². The predicted molar refractivity (Wildman–Crippen MR) is 84.9 cm³/mol. The zero-order chi connectivity index (χ0) is 16.6. The van der Waals surface area contributed by atoms with Gasteiger partial charge in [-0.1, -0.05) is 0 Å². The van der Waals surface area contributed by atoms with Gasteiger partial charge in [0, 0.05) is 19.1 Å². The van der Waals surface area contributed by atoms with Gasteiger partial charge in [0.15, 0.2) is 17.4 Å². The van der Waals surface area contributed by atoms with Crippen LogP contribution in [0, 0.1) is 23.4 Å². The van der Waals surface area contributed by atoms with Crippen molar-refractivity contribution in [3.8, 4) is 5.75 Å². The number of aromatic hydroxyl groups is 1. The molecule has 1 saturated carbocycles. The summed E-state index contributed by atoms with van der Waals surface area (Å²) in [5, 5.41) is 12.7. The lowest BCUT2D eigenvalue weighted by molar-refractivity contribution is 0.0698. The van der Waals surface area contributed by atoms with Crippen molar-refractivity contribution >= 4 is 18.3 Å². The summed E-state index contributed by atoms with van der Waals surface area (Å²) in [5.74, 6) is -5.93. The molecular formula is C16H20ClF3N2O2. The third kappa shape index (κ3) is 3.95. The number of rotatable bonds is 4. The average Bonchev–Trinajstić information content (AvgIpc) is 3.38. The van der Waals surface area contributed by atoms with Crippen LogP contribution < -0.4 is 5.32 Å². The van der Waals surface area contributed by atoms with E-state index < -0.39 is 34.7 Å². The third-order valence-electron chi connectivity index (χ3n) is 4.54. The second-order valence-electron chi connectivity index (χ2n) is 6.30. The van der Waals surface area contributed by atoms with E-state index in [1.54, 1.807) is 0 Å². The molecule has 1 aliphatic heterocycles. The number of hydrogen-bond acceptors (Lipinski definition) is 3. The van der Waals surface area contributed by atoms with E-state index in [1.807, 2.05) is 0 Å². The van der Waals surface area contributed by atoms with Gasteiger partial charge < -0.3 is 15.3 Å². The summed E-state index contributed by atoms with van der Waals surface area (Å²) in [6.07, 6.45) is 4.00. The van der Waals surface area contributed by atoms with Crippen molar-refractivity contribution in [3.63, 3.8) is 0 Å². The highest BCUT2D eigenvalue weighted by Crippen LogP contribution is 2.29. The number of benzene rings is 1.